The summed E-state index contributed by atoms with van der Waals surface area (Å²) in [5, 5.41) is 3.36. The molecule has 194 valence electrons. The number of ether oxygens (including phenoxy) is 1. The number of hydroxylamine groups is 2. The number of ketones is 1. The summed E-state index contributed by atoms with van der Waals surface area (Å²) < 4.78 is 64.7. The van der Waals surface area contributed by atoms with Crippen molar-refractivity contribution in [3.8, 4) is 0 Å². The summed E-state index contributed by atoms with van der Waals surface area (Å²) >= 11 is 0. The molecule has 0 unspecified atom stereocenters. The number of amides is 3. The Balaban J connectivity index is 1.40. The molecule has 0 bridgehead atoms. The number of alkyl halides is 2. The maximum absolute atomic E-state index is 15.0. The third-order valence-electron chi connectivity index (χ3n) is 5.51. The summed E-state index contributed by atoms with van der Waals surface area (Å²) in [7, 11) is 0. The standard InChI is InChI=1S/C21H21F4N5O6/c22-14-9-12(29-11-13(36-21(29)33)1-2-16(31)18(24)25)10-15(23)17(14)28-4-5-30(35-8-6-28)20(32)27-19-26-3-7-34-19/h3,7,9-10,13,18H,1-2,4-6,8,11H2,(H,26,27,32)/t13-/m0/s1. The van der Waals surface area contributed by atoms with Gasteiger partial charge in [-0.2, -0.15) is 0 Å². The van der Waals surface area contributed by atoms with E-state index in [1.54, 1.807) is 0 Å². The average molecular weight is 515 g/mol. The van der Waals surface area contributed by atoms with E-state index >= 15 is 8.78 Å². The fourth-order valence-corrected chi connectivity index (χ4v) is 3.78. The number of carbonyl (C=O) groups is 3. The highest BCUT2D eigenvalue weighted by atomic mass is 19.3. The van der Waals surface area contributed by atoms with Crippen molar-refractivity contribution >= 4 is 35.3 Å². The fraction of sp³-hybridized carbons (Fsp3) is 0.429. The van der Waals surface area contributed by atoms with E-state index < -0.39 is 48.5 Å². The molecule has 2 fully saturated rings. The van der Waals surface area contributed by atoms with Crippen molar-refractivity contribution in [2.24, 2.45) is 0 Å². The minimum atomic E-state index is -3.12. The molecule has 4 rings (SSSR count). The van der Waals surface area contributed by atoms with Gasteiger partial charge < -0.3 is 14.1 Å². The van der Waals surface area contributed by atoms with Crippen LogP contribution in [0.2, 0.25) is 0 Å². The number of Topliss-reactive ketones (excluding diaryl/α,β-unsaturated/α-hetero) is 1. The maximum Gasteiger partial charge on any atom is 0.414 e. The molecule has 15 heteroatoms. The SMILES string of the molecule is O=C(CC[C@H]1CN(c2cc(F)c(N3CCON(C(=O)Nc4ncco4)CC3)c(F)c2)C(=O)O1)C(F)F. The number of cyclic esters (lactones) is 1. The molecule has 2 aliphatic heterocycles. The molecule has 1 aromatic carbocycles. The zero-order valence-electron chi connectivity index (χ0n) is 18.7. The third-order valence-corrected chi connectivity index (χ3v) is 5.51. The molecule has 0 saturated carbocycles. The van der Waals surface area contributed by atoms with Gasteiger partial charge in [0.2, 0.25) is 0 Å². The molecule has 2 aliphatic rings. The highest BCUT2D eigenvalue weighted by Gasteiger charge is 2.34. The molecule has 0 aliphatic carbocycles. The smallest absolute Gasteiger partial charge is 0.414 e. The normalized spacial score (nSPS) is 18.4. The monoisotopic (exact) mass is 515 g/mol. The quantitative estimate of drug-likeness (QED) is 0.559. The first-order chi connectivity index (χ1) is 17.2. The number of oxazole rings is 1. The van der Waals surface area contributed by atoms with Crippen molar-refractivity contribution in [1.29, 1.82) is 0 Å². The van der Waals surface area contributed by atoms with E-state index in [9.17, 15) is 23.2 Å². The van der Waals surface area contributed by atoms with Crippen molar-refractivity contribution in [2.45, 2.75) is 25.4 Å². The Kier molecular flexibility index (Phi) is 7.57. The molecule has 2 saturated heterocycles. The van der Waals surface area contributed by atoms with Crippen LogP contribution in [0.5, 0.6) is 0 Å². The Bertz CT molecular complexity index is 1100. The maximum atomic E-state index is 15.0. The van der Waals surface area contributed by atoms with E-state index in [0.717, 1.165) is 22.1 Å². The second kappa shape index (κ2) is 10.8. The summed E-state index contributed by atoms with van der Waals surface area (Å²) in [6.45, 7) is -0.165. The van der Waals surface area contributed by atoms with E-state index in [4.69, 9.17) is 14.0 Å². The second-order valence-corrected chi connectivity index (χ2v) is 7.87. The Morgan fingerprint density at radius 2 is 1.92 bits per heavy atom. The minimum Gasteiger partial charge on any atom is -0.444 e. The van der Waals surface area contributed by atoms with Gasteiger partial charge in [0.1, 0.15) is 18.1 Å². The molecule has 0 spiro atoms. The van der Waals surface area contributed by atoms with Gasteiger partial charge in [0.05, 0.1) is 31.6 Å². The van der Waals surface area contributed by atoms with Crippen molar-refractivity contribution in [1.82, 2.24) is 10.0 Å². The van der Waals surface area contributed by atoms with Crippen LogP contribution in [0.3, 0.4) is 0 Å². The second-order valence-electron chi connectivity index (χ2n) is 7.87. The molecular weight excluding hydrogens is 494 g/mol. The Labute approximate surface area is 201 Å². The Morgan fingerprint density at radius 3 is 2.58 bits per heavy atom. The summed E-state index contributed by atoms with van der Waals surface area (Å²) in [6, 6.07) is 1.18. The number of hydrogen-bond donors (Lipinski definition) is 1. The molecule has 3 heterocycles. The van der Waals surface area contributed by atoms with Gasteiger partial charge in [0.15, 0.2) is 17.4 Å². The van der Waals surface area contributed by atoms with Gasteiger partial charge in [-0.1, -0.05) is 0 Å². The van der Waals surface area contributed by atoms with Crippen LogP contribution in [0.15, 0.2) is 29.0 Å². The number of nitrogens with one attached hydrogen (secondary N) is 1. The lowest BCUT2D eigenvalue weighted by Gasteiger charge is -2.24. The summed E-state index contributed by atoms with van der Waals surface area (Å²) in [4.78, 5) is 47.0. The van der Waals surface area contributed by atoms with Gasteiger partial charge in [-0.05, 0) is 6.42 Å². The van der Waals surface area contributed by atoms with Crippen LogP contribution < -0.4 is 15.1 Å². The minimum absolute atomic E-state index is 0.0260. The largest absolute Gasteiger partial charge is 0.444 e. The fourth-order valence-electron chi connectivity index (χ4n) is 3.78. The van der Waals surface area contributed by atoms with Gasteiger partial charge in [-0.3, -0.25) is 19.8 Å². The van der Waals surface area contributed by atoms with E-state index in [2.05, 4.69) is 10.3 Å². The van der Waals surface area contributed by atoms with E-state index in [-0.39, 0.29) is 56.6 Å². The lowest BCUT2D eigenvalue weighted by Crippen LogP contribution is -2.37. The topological polar surface area (TPSA) is 117 Å². The number of rotatable bonds is 7. The number of carbonyl (C=O) groups excluding carboxylic acids is 3. The molecule has 1 N–H and O–H groups in total. The van der Waals surface area contributed by atoms with Gasteiger partial charge in [0, 0.05) is 31.6 Å². The zero-order chi connectivity index (χ0) is 25.8. The van der Waals surface area contributed by atoms with Gasteiger partial charge in [-0.25, -0.2) is 37.2 Å². The van der Waals surface area contributed by atoms with Crippen molar-refractivity contribution < 1.29 is 45.9 Å². The number of nitrogens with zero attached hydrogens (tertiary/aromatic N) is 4. The van der Waals surface area contributed by atoms with E-state index in [0.29, 0.717) is 0 Å². The molecule has 0 radical (unpaired) electrons. The third kappa shape index (κ3) is 5.67. The Hall–Kier alpha value is -3.88. The predicted octanol–water partition coefficient (Wildman–Crippen LogP) is 3.18. The van der Waals surface area contributed by atoms with Crippen LogP contribution in [-0.2, 0) is 14.4 Å². The summed E-state index contributed by atoms with van der Waals surface area (Å²) in [5.74, 6) is -3.21. The molecule has 2 aromatic rings. The number of halogens is 4. The number of urea groups is 1. The van der Waals surface area contributed by atoms with Gasteiger partial charge >= 0.3 is 18.1 Å². The highest BCUT2D eigenvalue weighted by molar-refractivity contribution is 5.90. The van der Waals surface area contributed by atoms with Crippen LogP contribution in [-0.4, -0.2) is 73.3 Å². The first-order valence-corrected chi connectivity index (χ1v) is 10.9. The van der Waals surface area contributed by atoms with Crippen molar-refractivity contribution in [2.75, 3.05) is 47.9 Å². The first kappa shape index (κ1) is 25.2. The molecular formula is C21H21F4N5O6. The van der Waals surface area contributed by atoms with E-state index in [1.807, 2.05) is 0 Å². The number of benzene rings is 1. The molecule has 1 atom stereocenters. The Morgan fingerprint density at radius 1 is 1.17 bits per heavy atom. The van der Waals surface area contributed by atoms with Crippen LogP contribution in [0, 0.1) is 11.6 Å². The molecule has 36 heavy (non-hydrogen) atoms. The van der Waals surface area contributed by atoms with Crippen LogP contribution in [0.1, 0.15) is 12.8 Å². The van der Waals surface area contributed by atoms with Crippen molar-refractivity contribution in [3.05, 3.63) is 36.2 Å². The number of hydrogen-bond acceptors (Lipinski definition) is 8. The predicted molar refractivity (Wildman–Crippen MR) is 115 cm³/mol. The van der Waals surface area contributed by atoms with E-state index in [1.165, 1.54) is 17.4 Å². The number of aromatic nitrogens is 1. The summed E-state index contributed by atoms with van der Waals surface area (Å²) in [6.07, 6.45) is -2.92. The molecule has 1 aromatic heterocycles. The van der Waals surface area contributed by atoms with Gasteiger partial charge in [-0.15, -0.1) is 0 Å². The lowest BCUT2D eigenvalue weighted by molar-refractivity contribution is -0.129. The summed E-state index contributed by atoms with van der Waals surface area (Å²) in [5.41, 5.74) is -0.497. The number of anilines is 3. The molecule has 3 amide bonds. The lowest BCUT2D eigenvalue weighted by atomic mass is 10.1. The van der Waals surface area contributed by atoms with Crippen LogP contribution in [0.25, 0.3) is 0 Å². The van der Waals surface area contributed by atoms with Gasteiger partial charge in [0.25, 0.3) is 6.43 Å². The average Bonchev–Trinajstić information content (AvgIpc) is 3.40. The van der Waals surface area contributed by atoms with Crippen LogP contribution in [0.4, 0.5) is 44.5 Å². The van der Waals surface area contributed by atoms with Crippen LogP contribution >= 0.6 is 0 Å². The highest BCUT2D eigenvalue weighted by Crippen LogP contribution is 2.32. The zero-order valence-corrected chi connectivity index (χ0v) is 18.7. The van der Waals surface area contributed by atoms with Crippen molar-refractivity contribution in [3.63, 3.8) is 0 Å². The molecule has 11 nitrogen and oxygen atoms in total. The first-order valence-electron chi connectivity index (χ1n) is 10.9.